The Hall–Kier alpha value is -1.41. The Kier molecular flexibility index (Phi) is 5.75. The molecule has 0 heterocycles. The maximum atomic E-state index is 10.5. The lowest BCUT2D eigenvalue weighted by atomic mass is 9.94. The largest absolute Gasteiger partial charge is 0.389 e. The number of aliphatic hydroxyl groups is 2. The lowest BCUT2D eigenvalue weighted by Gasteiger charge is -2.27. The molecule has 1 aromatic rings. The maximum Gasteiger partial charge on any atom is 0.0991 e. The van der Waals surface area contributed by atoms with Crippen molar-refractivity contribution in [2.24, 2.45) is 0 Å². The molecular weight excluding hydrogens is 264 g/mol. The lowest BCUT2D eigenvalue weighted by Crippen LogP contribution is -2.41. The van der Waals surface area contributed by atoms with E-state index in [0.717, 1.165) is 31.2 Å². The molecule has 0 spiro atoms. The van der Waals surface area contributed by atoms with Crippen molar-refractivity contribution in [2.75, 3.05) is 13.1 Å². The van der Waals surface area contributed by atoms with Gasteiger partial charge in [0.25, 0.3) is 0 Å². The SMILES string of the molecule is N#Cc1ccc(C(O)CNCC2(O)CCCCCC2)cc1. The number of hydrogen-bond acceptors (Lipinski definition) is 4. The zero-order chi connectivity index (χ0) is 15.1. The first-order valence-corrected chi connectivity index (χ1v) is 7.74. The van der Waals surface area contributed by atoms with E-state index in [1.54, 1.807) is 24.3 Å². The van der Waals surface area contributed by atoms with Crippen LogP contribution in [0.2, 0.25) is 0 Å². The molecule has 0 saturated heterocycles. The van der Waals surface area contributed by atoms with Crippen LogP contribution < -0.4 is 5.32 Å². The minimum atomic E-state index is -0.624. The van der Waals surface area contributed by atoms with E-state index in [1.807, 2.05) is 0 Å². The molecule has 21 heavy (non-hydrogen) atoms. The summed E-state index contributed by atoms with van der Waals surface area (Å²) in [5, 5.41) is 32.6. The summed E-state index contributed by atoms with van der Waals surface area (Å²) < 4.78 is 0. The molecule has 1 atom stereocenters. The third-order valence-corrected chi connectivity index (χ3v) is 4.25. The predicted molar refractivity (Wildman–Crippen MR) is 81.6 cm³/mol. The van der Waals surface area contributed by atoms with Gasteiger partial charge in [-0.05, 0) is 30.5 Å². The van der Waals surface area contributed by atoms with Crippen LogP contribution in [0.4, 0.5) is 0 Å². The first-order chi connectivity index (χ1) is 10.1. The van der Waals surface area contributed by atoms with E-state index in [2.05, 4.69) is 11.4 Å². The Morgan fingerprint density at radius 1 is 1.14 bits per heavy atom. The first kappa shape index (κ1) is 16.0. The lowest BCUT2D eigenvalue weighted by molar-refractivity contribution is 0.0223. The summed E-state index contributed by atoms with van der Waals surface area (Å²) in [6.45, 7) is 0.939. The molecule has 1 aliphatic rings. The monoisotopic (exact) mass is 288 g/mol. The summed E-state index contributed by atoms with van der Waals surface area (Å²) in [6.07, 6.45) is 5.63. The van der Waals surface area contributed by atoms with Crippen LogP contribution >= 0.6 is 0 Å². The van der Waals surface area contributed by atoms with Gasteiger partial charge in [0.1, 0.15) is 0 Å². The molecule has 0 aromatic heterocycles. The molecule has 1 fully saturated rings. The fraction of sp³-hybridized carbons (Fsp3) is 0.588. The van der Waals surface area contributed by atoms with Gasteiger partial charge in [0.2, 0.25) is 0 Å². The number of nitriles is 1. The van der Waals surface area contributed by atoms with Crippen LogP contribution in [0.15, 0.2) is 24.3 Å². The molecule has 114 valence electrons. The second-order valence-corrected chi connectivity index (χ2v) is 6.02. The summed E-state index contributed by atoms with van der Waals surface area (Å²) >= 11 is 0. The van der Waals surface area contributed by atoms with Gasteiger partial charge in [-0.3, -0.25) is 0 Å². The quantitative estimate of drug-likeness (QED) is 0.726. The molecule has 0 radical (unpaired) electrons. The molecular formula is C17H24N2O2. The molecule has 1 unspecified atom stereocenters. The third kappa shape index (κ3) is 4.82. The third-order valence-electron chi connectivity index (χ3n) is 4.25. The van der Waals surface area contributed by atoms with Crippen LogP contribution in [-0.4, -0.2) is 28.9 Å². The second-order valence-electron chi connectivity index (χ2n) is 6.02. The van der Waals surface area contributed by atoms with Crippen molar-refractivity contribution in [3.63, 3.8) is 0 Å². The second kappa shape index (κ2) is 7.56. The van der Waals surface area contributed by atoms with Crippen LogP contribution in [0.5, 0.6) is 0 Å². The van der Waals surface area contributed by atoms with Crippen molar-refractivity contribution >= 4 is 0 Å². The van der Waals surface area contributed by atoms with Gasteiger partial charge >= 0.3 is 0 Å². The summed E-state index contributed by atoms with van der Waals surface area (Å²) in [5.41, 5.74) is 0.752. The standard InChI is InChI=1S/C17H24N2O2/c18-11-14-5-7-15(8-6-14)16(20)12-19-13-17(21)9-3-1-2-4-10-17/h5-8,16,19-21H,1-4,9-10,12-13H2. The summed E-state index contributed by atoms with van der Waals surface area (Å²) in [6, 6.07) is 9.01. The van der Waals surface area contributed by atoms with Gasteiger partial charge in [-0.15, -0.1) is 0 Å². The molecule has 0 aliphatic heterocycles. The predicted octanol–water partition coefficient (Wildman–Crippen LogP) is 2.27. The fourth-order valence-corrected chi connectivity index (χ4v) is 2.90. The van der Waals surface area contributed by atoms with Gasteiger partial charge in [0.05, 0.1) is 23.3 Å². The average molecular weight is 288 g/mol. The number of rotatable bonds is 5. The van der Waals surface area contributed by atoms with Crippen molar-refractivity contribution < 1.29 is 10.2 Å². The number of nitrogens with one attached hydrogen (secondary N) is 1. The van der Waals surface area contributed by atoms with Crippen molar-refractivity contribution in [1.29, 1.82) is 5.26 Å². The highest BCUT2D eigenvalue weighted by atomic mass is 16.3. The molecule has 0 bridgehead atoms. The zero-order valence-corrected chi connectivity index (χ0v) is 12.4. The summed E-state index contributed by atoms with van der Waals surface area (Å²) in [5.74, 6) is 0. The van der Waals surface area contributed by atoms with Gasteiger partial charge in [0.15, 0.2) is 0 Å². The minimum absolute atomic E-state index is 0.411. The number of benzene rings is 1. The van der Waals surface area contributed by atoms with E-state index in [9.17, 15) is 10.2 Å². The average Bonchev–Trinajstić information content (AvgIpc) is 2.72. The molecule has 3 N–H and O–H groups in total. The van der Waals surface area contributed by atoms with Crippen molar-refractivity contribution in [1.82, 2.24) is 5.32 Å². The van der Waals surface area contributed by atoms with Crippen LogP contribution in [0.3, 0.4) is 0 Å². The van der Waals surface area contributed by atoms with Gasteiger partial charge in [-0.1, -0.05) is 37.8 Å². The molecule has 4 heteroatoms. The Balaban J connectivity index is 1.80. The van der Waals surface area contributed by atoms with Crippen LogP contribution in [0.1, 0.15) is 55.8 Å². The number of aliphatic hydroxyl groups excluding tert-OH is 1. The fourth-order valence-electron chi connectivity index (χ4n) is 2.90. The highest BCUT2D eigenvalue weighted by molar-refractivity contribution is 5.32. The van der Waals surface area contributed by atoms with Gasteiger partial charge < -0.3 is 15.5 Å². The highest BCUT2D eigenvalue weighted by Crippen LogP contribution is 2.26. The highest BCUT2D eigenvalue weighted by Gasteiger charge is 2.27. The van der Waals surface area contributed by atoms with E-state index in [-0.39, 0.29) is 0 Å². The topological polar surface area (TPSA) is 76.3 Å². The van der Waals surface area contributed by atoms with Gasteiger partial charge in [-0.2, -0.15) is 5.26 Å². The van der Waals surface area contributed by atoms with Crippen molar-refractivity contribution in [2.45, 2.75) is 50.2 Å². The Morgan fingerprint density at radius 3 is 2.33 bits per heavy atom. The molecule has 0 amide bonds. The Bertz CT molecular complexity index is 471. The van der Waals surface area contributed by atoms with Crippen LogP contribution in [0, 0.1) is 11.3 Å². The van der Waals surface area contributed by atoms with Crippen LogP contribution in [0.25, 0.3) is 0 Å². The summed E-state index contributed by atoms with van der Waals surface area (Å²) in [7, 11) is 0. The first-order valence-electron chi connectivity index (χ1n) is 7.74. The Labute approximate surface area is 126 Å². The van der Waals surface area contributed by atoms with E-state index in [4.69, 9.17) is 5.26 Å². The Morgan fingerprint density at radius 2 is 1.76 bits per heavy atom. The molecule has 2 rings (SSSR count). The van der Waals surface area contributed by atoms with E-state index >= 15 is 0 Å². The van der Waals surface area contributed by atoms with E-state index in [0.29, 0.717) is 18.7 Å². The van der Waals surface area contributed by atoms with Gasteiger partial charge in [0, 0.05) is 13.1 Å². The zero-order valence-electron chi connectivity index (χ0n) is 12.4. The van der Waals surface area contributed by atoms with E-state index in [1.165, 1.54) is 12.8 Å². The van der Waals surface area contributed by atoms with Crippen molar-refractivity contribution in [3.05, 3.63) is 35.4 Å². The van der Waals surface area contributed by atoms with E-state index < -0.39 is 11.7 Å². The molecule has 4 nitrogen and oxygen atoms in total. The maximum absolute atomic E-state index is 10.5. The normalized spacial score (nSPS) is 19.5. The van der Waals surface area contributed by atoms with Gasteiger partial charge in [-0.25, -0.2) is 0 Å². The van der Waals surface area contributed by atoms with Crippen LogP contribution in [-0.2, 0) is 0 Å². The number of hydrogen-bond donors (Lipinski definition) is 3. The van der Waals surface area contributed by atoms with Crippen molar-refractivity contribution in [3.8, 4) is 6.07 Å². The molecule has 1 aliphatic carbocycles. The minimum Gasteiger partial charge on any atom is -0.389 e. The molecule has 1 saturated carbocycles. The smallest absolute Gasteiger partial charge is 0.0991 e. The summed E-state index contributed by atoms with van der Waals surface area (Å²) in [4.78, 5) is 0. The molecule has 1 aromatic carbocycles. The number of nitrogens with zero attached hydrogens (tertiary/aromatic N) is 1.